The third-order valence-corrected chi connectivity index (χ3v) is 3.12. The molecule has 2 N–H and O–H groups in total. The first kappa shape index (κ1) is 9.54. The predicted octanol–water partition coefficient (Wildman–Crippen LogP) is 1.41. The van der Waals surface area contributed by atoms with Gasteiger partial charge in [-0.1, -0.05) is 12.1 Å². The van der Waals surface area contributed by atoms with Crippen molar-refractivity contribution in [2.45, 2.75) is 12.3 Å². The van der Waals surface area contributed by atoms with E-state index < -0.39 is 0 Å². The highest BCUT2D eigenvalue weighted by molar-refractivity contribution is 5.86. The van der Waals surface area contributed by atoms with E-state index in [1.807, 2.05) is 12.1 Å². The number of nitrogens with zero attached hydrogens (tertiary/aromatic N) is 2. The maximum atomic E-state index is 9.73. The Morgan fingerprint density at radius 2 is 2.25 bits per heavy atom. The molecule has 2 aromatic rings. The molecule has 3 rings (SSSR count). The molecule has 0 aliphatic carbocycles. The van der Waals surface area contributed by atoms with Gasteiger partial charge in [-0.15, -0.1) is 0 Å². The van der Waals surface area contributed by atoms with Crippen molar-refractivity contribution in [3.63, 3.8) is 0 Å². The normalized spacial score (nSPS) is 20.4. The van der Waals surface area contributed by atoms with E-state index in [1.54, 1.807) is 6.07 Å². The molecule has 0 spiro atoms. The van der Waals surface area contributed by atoms with Gasteiger partial charge >= 0.3 is 0 Å². The first-order chi connectivity index (χ1) is 7.86. The third-order valence-electron chi connectivity index (χ3n) is 3.12. The molecule has 0 radical (unpaired) electrons. The molecule has 1 aliphatic heterocycles. The number of benzene rings is 1. The Balaban J connectivity index is 2.20. The minimum Gasteiger partial charge on any atom is -0.506 e. The minimum atomic E-state index is 0.229. The van der Waals surface area contributed by atoms with Crippen molar-refractivity contribution in [1.82, 2.24) is 15.3 Å². The Hall–Kier alpha value is -1.68. The zero-order chi connectivity index (χ0) is 11.0. The highest BCUT2D eigenvalue weighted by Gasteiger charge is 2.20. The van der Waals surface area contributed by atoms with Gasteiger partial charge in [0.05, 0.1) is 5.69 Å². The van der Waals surface area contributed by atoms with E-state index in [-0.39, 0.29) is 5.75 Å². The Labute approximate surface area is 93.4 Å². The van der Waals surface area contributed by atoms with Gasteiger partial charge in [-0.3, -0.25) is 0 Å². The van der Waals surface area contributed by atoms with Crippen molar-refractivity contribution < 1.29 is 5.11 Å². The van der Waals surface area contributed by atoms with E-state index in [4.69, 9.17) is 0 Å². The zero-order valence-corrected chi connectivity index (χ0v) is 8.85. The van der Waals surface area contributed by atoms with Crippen LogP contribution in [0.25, 0.3) is 10.9 Å². The molecule has 82 valence electrons. The zero-order valence-electron chi connectivity index (χ0n) is 8.85. The summed E-state index contributed by atoms with van der Waals surface area (Å²) < 4.78 is 0. The van der Waals surface area contributed by atoms with Gasteiger partial charge in [-0.2, -0.15) is 0 Å². The first-order valence-electron chi connectivity index (χ1n) is 5.49. The maximum Gasteiger partial charge on any atom is 0.141 e. The lowest BCUT2D eigenvalue weighted by molar-refractivity contribution is 0.480. The lowest BCUT2D eigenvalue weighted by Gasteiger charge is -2.10. The quantitative estimate of drug-likeness (QED) is 0.755. The molecule has 0 saturated carbocycles. The Bertz CT molecular complexity index is 521. The van der Waals surface area contributed by atoms with Crippen molar-refractivity contribution in [3.8, 4) is 5.75 Å². The van der Waals surface area contributed by atoms with Gasteiger partial charge in [0.25, 0.3) is 0 Å². The summed E-state index contributed by atoms with van der Waals surface area (Å²) in [5, 5.41) is 14.0. The van der Waals surface area contributed by atoms with Gasteiger partial charge in [0, 0.05) is 17.8 Å². The molecule has 0 bridgehead atoms. The molecule has 1 saturated heterocycles. The number of rotatable bonds is 1. The van der Waals surface area contributed by atoms with Crippen LogP contribution in [0, 0.1) is 0 Å². The van der Waals surface area contributed by atoms with E-state index in [0.29, 0.717) is 11.4 Å². The maximum absolute atomic E-state index is 9.73. The molecule has 1 fully saturated rings. The van der Waals surface area contributed by atoms with Gasteiger partial charge in [-0.25, -0.2) is 9.97 Å². The van der Waals surface area contributed by atoms with Crippen LogP contribution in [0.1, 0.15) is 18.0 Å². The Kier molecular flexibility index (Phi) is 2.22. The second kappa shape index (κ2) is 3.72. The third kappa shape index (κ3) is 1.42. The van der Waals surface area contributed by atoms with E-state index in [2.05, 4.69) is 15.3 Å². The monoisotopic (exact) mass is 215 g/mol. The van der Waals surface area contributed by atoms with Crippen molar-refractivity contribution in [3.05, 3.63) is 30.2 Å². The average molecular weight is 215 g/mol. The van der Waals surface area contributed by atoms with Gasteiger partial charge in [0.1, 0.15) is 17.6 Å². The number of fused-ring (bicyclic) bond motifs is 1. The fourth-order valence-electron chi connectivity index (χ4n) is 2.31. The van der Waals surface area contributed by atoms with Gasteiger partial charge in [-0.05, 0) is 19.0 Å². The highest BCUT2D eigenvalue weighted by Crippen LogP contribution is 2.29. The molecular formula is C12H13N3O. The fraction of sp³-hybridized carbons (Fsp3) is 0.333. The molecule has 4 nitrogen and oxygen atoms in total. The van der Waals surface area contributed by atoms with Crippen LogP contribution in [0.3, 0.4) is 0 Å². The smallest absolute Gasteiger partial charge is 0.141 e. The van der Waals surface area contributed by atoms with Crippen LogP contribution in [0.2, 0.25) is 0 Å². The van der Waals surface area contributed by atoms with Crippen molar-refractivity contribution in [2.75, 3.05) is 13.1 Å². The van der Waals surface area contributed by atoms with Crippen LogP contribution in [0.4, 0.5) is 0 Å². The van der Waals surface area contributed by atoms with Crippen molar-refractivity contribution >= 4 is 10.9 Å². The van der Waals surface area contributed by atoms with E-state index in [1.165, 1.54) is 6.33 Å². The molecule has 16 heavy (non-hydrogen) atoms. The predicted molar refractivity (Wildman–Crippen MR) is 61.4 cm³/mol. The minimum absolute atomic E-state index is 0.229. The second-order valence-corrected chi connectivity index (χ2v) is 4.12. The lowest BCUT2D eigenvalue weighted by Crippen LogP contribution is -2.09. The largest absolute Gasteiger partial charge is 0.506 e. The topological polar surface area (TPSA) is 58.0 Å². The van der Waals surface area contributed by atoms with Crippen LogP contribution in [-0.2, 0) is 0 Å². The van der Waals surface area contributed by atoms with E-state index in [0.717, 1.165) is 30.6 Å². The van der Waals surface area contributed by atoms with Crippen molar-refractivity contribution in [2.24, 2.45) is 0 Å². The van der Waals surface area contributed by atoms with Gasteiger partial charge in [0.15, 0.2) is 0 Å². The summed E-state index contributed by atoms with van der Waals surface area (Å²) in [4.78, 5) is 8.50. The van der Waals surface area contributed by atoms with Gasteiger partial charge in [0.2, 0.25) is 0 Å². The Morgan fingerprint density at radius 1 is 1.31 bits per heavy atom. The number of para-hydroxylation sites is 1. The fourth-order valence-corrected chi connectivity index (χ4v) is 2.31. The summed E-state index contributed by atoms with van der Waals surface area (Å²) in [5.74, 6) is 0.666. The number of hydrogen-bond donors (Lipinski definition) is 2. The molecular weight excluding hydrogens is 202 g/mol. The second-order valence-electron chi connectivity index (χ2n) is 4.12. The summed E-state index contributed by atoms with van der Waals surface area (Å²) >= 11 is 0. The number of phenolic OH excluding ortho intramolecular Hbond substituents is 1. The molecule has 4 heteroatoms. The lowest BCUT2D eigenvalue weighted by atomic mass is 10.00. The molecule has 1 aromatic carbocycles. The Morgan fingerprint density at radius 3 is 3.06 bits per heavy atom. The first-order valence-corrected chi connectivity index (χ1v) is 5.49. The number of phenols is 1. The number of aromatic hydroxyl groups is 1. The average Bonchev–Trinajstić information content (AvgIpc) is 2.82. The summed E-state index contributed by atoms with van der Waals surface area (Å²) in [7, 11) is 0. The number of hydrogen-bond acceptors (Lipinski definition) is 4. The van der Waals surface area contributed by atoms with Crippen LogP contribution in [0.15, 0.2) is 24.5 Å². The number of aromatic nitrogens is 2. The van der Waals surface area contributed by atoms with Crippen LogP contribution in [0.5, 0.6) is 5.75 Å². The summed E-state index contributed by atoms with van der Waals surface area (Å²) in [6.07, 6.45) is 2.64. The molecule has 1 atom stereocenters. The van der Waals surface area contributed by atoms with Crippen LogP contribution < -0.4 is 5.32 Å². The van der Waals surface area contributed by atoms with Crippen molar-refractivity contribution in [1.29, 1.82) is 0 Å². The molecule has 1 aliphatic rings. The molecule has 0 amide bonds. The van der Waals surface area contributed by atoms with Gasteiger partial charge < -0.3 is 10.4 Å². The van der Waals surface area contributed by atoms with E-state index >= 15 is 0 Å². The molecule has 2 heterocycles. The van der Waals surface area contributed by atoms with E-state index in [9.17, 15) is 5.11 Å². The summed E-state index contributed by atoms with van der Waals surface area (Å²) in [6, 6.07) is 5.47. The number of nitrogens with one attached hydrogen (secondary N) is 1. The highest BCUT2D eigenvalue weighted by atomic mass is 16.3. The molecule has 1 unspecified atom stereocenters. The summed E-state index contributed by atoms with van der Waals surface area (Å²) in [5.41, 5.74) is 1.70. The SMILES string of the molecule is Oc1cccc2c(C3CCNC3)ncnc12. The standard InChI is InChI=1S/C12H13N3O/c16-10-3-1-2-9-11(8-4-5-13-6-8)14-7-15-12(9)10/h1-3,7-8,13,16H,4-6H2. The van der Waals surface area contributed by atoms with Crippen LogP contribution >= 0.6 is 0 Å². The van der Waals surface area contributed by atoms with Crippen LogP contribution in [-0.4, -0.2) is 28.2 Å². The summed E-state index contributed by atoms with van der Waals surface area (Å²) in [6.45, 7) is 2.00. The molecule has 1 aromatic heterocycles.